The minimum Gasteiger partial charge on any atom is -0.473 e. The maximum Gasteiger partial charge on any atom is 0.152 e. The van der Waals surface area contributed by atoms with Gasteiger partial charge in [0.05, 0.1) is 29.4 Å². The van der Waals surface area contributed by atoms with Crippen molar-refractivity contribution in [1.82, 2.24) is 14.9 Å². The molecule has 9 heteroatoms. The zero-order chi connectivity index (χ0) is 21.1. The summed E-state index contributed by atoms with van der Waals surface area (Å²) in [5, 5.41) is 3.90. The van der Waals surface area contributed by atoms with Crippen molar-refractivity contribution in [3.8, 4) is 5.75 Å². The first-order valence-electron chi connectivity index (χ1n) is 9.80. The van der Waals surface area contributed by atoms with Crippen LogP contribution in [0.25, 0.3) is 10.9 Å². The monoisotopic (exact) mass is 431 g/mol. The molecule has 1 aromatic heterocycles. The lowest BCUT2D eigenvalue weighted by molar-refractivity contribution is -0.0465. The number of hydrogen-bond acceptors (Lipinski definition) is 7. The third kappa shape index (κ3) is 4.40. The SMILES string of the molecule is CCC(Oc1cc2ncnc(Nc3ccc(F)c(Cl)c3)c2cc1N)N1CCOCC1. The molecule has 0 amide bonds. The number of nitrogens with zero attached hydrogens (tertiary/aromatic N) is 3. The van der Waals surface area contributed by atoms with E-state index < -0.39 is 5.82 Å². The maximum atomic E-state index is 13.4. The van der Waals surface area contributed by atoms with E-state index >= 15 is 0 Å². The van der Waals surface area contributed by atoms with Gasteiger partial charge in [-0.2, -0.15) is 0 Å². The zero-order valence-corrected chi connectivity index (χ0v) is 17.3. The topological polar surface area (TPSA) is 85.5 Å². The summed E-state index contributed by atoms with van der Waals surface area (Å²) in [6.07, 6.45) is 2.18. The molecule has 1 unspecified atom stereocenters. The number of benzene rings is 2. The lowest BCUT2D eigenvalue weighted by atomic mass is 10.2. The Morgan fingerprint density at radius 1 is 1.27 bits per heavy atom. The van der Waals surface area contributed by atoms with Crippen molar-refractivity contribution in [2.45, 2.75) is 19.6 Å². The second kappa shape index (κ2) is 8.99. The van der Waals surface area contributed by atoms with Gasteiger partial charge >= 0.3 is 0 Å². The summed E-state index contributed by atoms with van der Waals surface area (Å²) in [5.74, 6) is 0.642. The molecule has 0 saturated carbocycles. The normalized spacial score (nSPS) is 15.8. The van der Waals surface area contributed by atoms with Crippen molar-refractivity contribution in [2.75, 3.05) is 37.4 Å². The molecule has 1 fully saturated rings. The number of nitrogens with one attached hydrogen (secondary N) is 1. The van der Waals surface area contributed by atoms with Crippen molar-refractivity contribution in [2.24, 2.45) is 0 Å². The molecule has 3 aromatic rings. The van der Waals surface area contributed by atoms with Gasteiger partial charge in [0, 0.05) is 30.2 Å². The van der Waals surface area contributed by atoms with Crippen LogP contribution in [0.15, 0.2) is 36.7 Å². The fourth-order valence-corrected chi connectivity index (χ4v) is 3.62. The Morgan fingerprint density at radius 3 is 2.80 bits per heavy atom. The fourth-order valence-electron chi connectivity index (χ4n) is 3.44. The molecule has 1 atom stereocenters. The Balaban J connectivity index is 1.61. The Morgan fingerprint density at radius 2 is 2.07 bits per heavy atom. The third-order valence-electron chi connectivity index (χ3n) is 5.01. The van der Waals surface area contributed by atoms with Crippen LogP contribution in [-0.4, -0.2) is 47.4 Å². The molecule has 1 aliphatic heterocycles. The summed E-state index contributed by atoms with van der Waals surface area (Å²) in [5.41, 5.74) is 8.09. The summed E-state index contributed by atoms with van der Waals surface area (Å²) in [6, 6.07) is 7.98. The van der Waals surface area contributed by atoms with Crippen LogP contribution in [0.4, 0.5) is 21.6 Å². The Labute approximate surface area is 179 Å². The molecule has 0 aliphatic carbocycles. The van der Waals surface area contributed by atoms with Gasteiger partial charge in [-0.3, -0.25) is 4.90 Å². The first-order valence-corrected chi connectivity index (χ1v) is 10.2. The minimum atomic E-state index is -0.480. The Hall–Kier alpha value is -2.68. The van der Waals surface area contributed by atoms with Crippen LogP contribution < -0.4 is 15.8 Å². The number of aromatic nitrogens is 2. The highest BCUT2D eigenvalue weighted by molar-refractivity contribution is 6.31. The van der Waals surface area contributed by atoms with Crippen molar-refractivity contribution in [3.63, 3.8) is 0 Å². The smallest absolute Gasteiger partial charge is 0.152 e. The molecule has 0 bridgehead atoms. The highest BCUT2D eigenvalue weighted by Crippen LogP contribution is 2.33. The molecule has 158 valence electrons. The number of rotatable bonds is 6. The number of ether oxygens (including phenoxy) is 2. The summed E-state index contributed by atoms with van der Waals surface area (Å²) in [7, 11) is 0. The highest BCUT2D eigenvalue weighted by atomic mass is 35.5. The molecule has 1 saturated heterocycles. The summed E-state index contributed by atoms with van der Waals surface area (Å²) in [4.78, 5) is 10.9. The standard InChI is InChI=1S/C21H23ClFN5O2/c1-2-20(28-5-7-29-8-6-28)30-19-11-18-14(10-17(19)24)21(26-12-25-18)27-13-3-4-16(23)15(22)9-13/h3-4,9-12,20H,2,5-8,24H2,1H3,(H,25,26,27). The van der Waals surface area contributed by atoms with Crippen molar-refractivity contribution >= 4 is 39.7 Å². The lowest BCUT2D eigenvalue weighted by Gasteiger charge is -2.34. The van der Waals surface area contributed by atoms with Crippen molar-refractivity contribution in [3.05, 3.63) is 47.5 Å². The number of hydrogen-bond donors (Lipinski definition) is 2. The van der Waals surface area contributed by atoms with Crippen LogP contribution in [-0.2, 0) is 4.74 Å². The highest BCUT2D eigenvalue weighted by Gasteiger charge is 2.22. The van der Waals surface area contributed by atoms with Crippen LogP contribution in [0.3, 0.4) is 0 Å². The largest absolute Gasteiger partial charge is 0.473 e. The van der Waals surface area contributed by atoms with Crippen LogP contribution in [0.5, 0.6) is 5.75 Å². The van der Waals surface area contributed by atoms with Crippen LogP contribution in [0, 0.1) is 5.82 Å². The van der Waals surface area contributed by atoms with Crippen LogP contribution in [0.2, 0.25) is 5.02 Å². The molecule has 0 radical (unpaired) electrons. The van der Waals surface area contributed by atoms with E-state index in [0.717, 1.165) is 24.9 Å². The van der Waals surface area contributed by atoms with Gasteiger partial charge in [-0.25, -0.2) is 14.4 Å². The van der Waals surface area contributed by atoms with Crippen LogP contribution >= 0.6 is 11.6 Å². The van der Waals surface area contributed by atoms with Gasteiger partial charge in [-0.05, 0) is 30.7 Å². The van der Waals surface area contributed by atoms with E-state index in [1.807, 2.05) is 6.07 Å². The van der Waals surface area contributed by atoms with Gasteiger partial charge in [0.25, 0.3) is 0 Å². The molecule has 4 rings (SSSR count). The second-order valence-corrected chi connectivity index (χ2v) is 7.42. The molecule has 2 heterocycles. The predicted molar refractivity (Wildman–Crippen MR) is 116 cm³/mol. The molecule has 7 nitrogen and oxygen atoms in total. The first kappa shape index (κ1) is 20.6. The summed E-state index contributed by atoms with van der Waals surface area (Å²) in [6.45, 7) is 5.12. The predicted octanol–water partition coefficient (Wildman–Crippen LogP) is 4.20. The van der Waals surface area contributed by atoms with E-state index in [2.05, 4.69) is 27.1 Å². The molecule has 3 N–H and O–H groups in total. The average Bonchev–Trinajstić information content (AvgIpc) is 2.76. The number of morpholine rings is 1. The van der Waals surface area contributed by atoms with Gasteiger partial charge < -0.3 is 20.5 Å². The second-order valence-electron chi connectivity index (χ2n) is 7.01. The van der Waals surface area contributed by atoms with E-state index in [1.54, 1.807) is 12.1 Å². The molecular weight excluding hydrogens is 409 g/mol. The Kier molecular flexibility index (Phi) is 6.17. The number of halogens is 2. The van der Waals surface area contributed by atoms with E-state index in [9.17, 15) is 4.39 Å². The third-order valence-corrected chi connectivity index (χ3v) is 5.30. The van der Waals surface area contributed by atoms with Gasteiger partial charge in [0.1, 0.15) is 23.7 Å². The molecule has 0 spiro atoms. The van der Waals surface area contributed by atoms with E-state index in [0.29, 0.717) is 41.7 Å². The number of nitrogen functional groups attached to an aromatic ring is 1. The summed E-state index contributed by atoms with van der Waals surface area (Å²) >= 11 is 5.87. The van der Waals surface area contributed by atoms with Gasteiger partial charge in [-0.15, -0.1) is 0 Å². The molecule has 30 heavy (non-hydrogen) atoms. The van der Waals surface area contributed by atoms with Crippen molar-refractivity contribution < 1.29 is 13.9 Å². The van der Waals surface area contributed by atoms with E-state index in [1.165, 1.54) is 18.5 Å². The van der Waals surface area contributed by atoms with E-state index in [4.69, 9.17) is 26.8 Å². The van der Waals surface area contributed by atoms with Crippen molar-refractivity contribution in [1.29, 1.82) is 0 Å². The Bertz CT molecular complexity index is 1050. The van der Waals surface area contributed by atoms with E-state index in [-0.39, 0.29) is 11.3 Å². The summed E-state index contributed by atoms with van der Waals surface area (Å²) < 4.78 is 25.1. The maximum absolute atomic E-state index is 13.4. The molecule has 1 aliphatic rings. The van der Waals surface area contributed by atoms with Gasteiger partial charge in [0.2, 0.25) is 0 Å². The number of fused-ring (bicyclic) bond motifs is 1. The molecular formula is C21H23ClFN5O2. The number of nitrogens with two attached hydrogens (primary N) is 1. The minimum absolute atomic E-state index is 0.0299. The lowest BCUT2D eigenvalue weighted by Crippen LogP contribution is -2.46. The molecule has 2 aromatic carbocycles. The quantitative estimate of drug-likeness (QED) is 0.566. The fraction of sp³-hybridized carbons (Fsp3) is 0.333. The number of anilines is 3. The average molecular weight is 432 g/mol. The van der Waals surface area contributed by atoms with Gasteiger partial charge in [-0.1, -0.05) is 18.5 Å². The van der Waals surface area contributed by atoms with Gasteiger partial charge in [0.15, 0.2) is 6.23 Å². The zero-order valence-electron chi connectivity index (χ0n) is 16.6. The van der Waals surface area contributed by atoms with Crippen LogP contribution in [0.1, 0.15) is 13.3 Å². The first-order chi connectivity index (χ1) is 14.5.